The fraction of sp³-hybridized carbons (Fsp3) is 0. The zero-order chi connectivity index (χ0) is 3.58. The van der Waals surface area contributed by atoms with Crippen LogP contribution >= 0.6 is 0 Å². The zero-order valence-electron chi connectivity index (χ0n) is 4.55. The van der Waals surface area contributed by atoms with Gasteiger partial charge in [0.15, 0.2) is 0 Å². The normalized spacial score (nSPS) is 2.40. The largest absolute Gasteiger partial charge is 2.00 e. The van der Waals surface area contributed by atoms with E-state index in [2.05, 4.69) is 0 Å². The molecule has 1 radical (unpaired) electrons. The van der Waals surface area contributed by atoms with Gasteiger partial charge in [-0.15, -0.1) is 0 Å². The summed E-state index contributed by atoms with van der Waals surface area (Å²) in [6, 6.07) is 0. The molecule has 0 amide bonds. The number of hydrogen-bond acceptors (Lipinski definition) is 3. The van der Waals surface area contributed by atoms with Crippen molar-refractivity contribution in [3.05, 3.63) is 15.3 Å². The fourth-order valence-electron chi connectivity index (χ4n) is 0. The van der Waals surface area contributed by atoms with E-state index in [9.17, 15) is 0 Å². The van der Waals surface area contributed by atoms with Crippen LogP contribution in [0, 0.1) is 64.7 Å². The summed E-state index contributed by atoms with van der Waals surface area (Å²) in [6.07, 6.45) is 0. The molecular weight excluding hydrogens is 294 g/mol. The topological polar surface area (TPSA) is 224 Å². The first-order chi connectivity index (χ1) is 1.73. The van der Waals surface area contributed by atoms with E-state index in [1.807, 2.05) is 0 Å². The van der Waals surface area contributed by atoms with E-state index < -0.39 is 5.09 Å². The molecule has 0 spiro atoms. The van der Waals surface area contributed by atoms with Crippen molar-refractivity contribution in [2.45, 2.75) is 0 Å². The molecule has 0 fully saturated rings. The van der Waals surface area contributed by atoms with Crippen LogP contribution in [0.2, 0.25) is 0 Å². The van der Waals surface area contributed by atoms with Crippen molar-refractivity contribution in [1.29, 1.82) is 0 Å². The smallest absolute Gasteiger partial charge is 0.412 e. The Bertz CT molecular complexity index is 32.2. The molecule has 0 atom stereocenters. The van der Waals surface area contributed by atoms with E-state index in [4.69, 9.17) is 15.3 Å². The molecule has 10 N–H and O–H groups in total. The Balaban J connectivity index is -0.00000000300. The van der Waals surface area contributed by atoms with Crippen molar-refractivity contribution in [2.24, 2.45) is 0 Å². The fourth-order valence-corrected chi connectivity index (χ4v) is 0. The van der Waals surface area contributed by atoms with Gasteiger partial charge in [-0.1, -0.05) is 0 Å². The van der Waals surface area contributed by atoms with Crippen LogP contribution < -0.4 is 0 Å². The van der Waals surface area contributed by atoms with Gasteiger partial charge in [-0.2, -0.15) is 0 Å². The maximum absolute atomic E-state index is 8.25. The van der Waals surface area contributed by atoms with Gasteiger partial charge in [0.1, 0.15) is 0 Å². The predicted molar refractivity (Wildman–Crippen MR) is 28.4 cm³/mol. The van der Waals surface area contributed by atoms with Crippen LogP contribution in [0.4, 0.5) is 0 Å². The average Bonchev–Trinajstić information content (AvgIpc) is 0.811. The first-order valence-corrected chi connectivity index (χ1v) is 0.548. The number of rotatable bonds is 0. The Kier molecular flexibility index (Phi) is 416. The minimum Gasteiger partial charge on any atom is -0.412 e. The Labute approximate surface area is 96.2 Å². The second-order valence-corrected chi connectivity index (χ2v) is 0.224. The molecule has 10 heavy (non-hydrogen) atoms. The second-order valence-electron chi connectivity index (χ2n) is 0.224. The van der Waals surface area contributed by atoms with Crippen molar-refractivity contribution in [3.63, 3.8) is 0 Å². The molecule has 0 bridgehead atoms. The molecular formula is H10EuNO8+. The van der Waals surface area contributed by atoms with Crippen LogP contribution in [-0.2, 0) is 0 Å². The summed E-state index contributed by atoms with van der Waals surface area (Å²) in [5, 5.41) is 14.8. The van der Waals surface area contributed by atoms with Gasteiger partial charge in [0.05, 0.1) is 5.09 Å². The molecule has 0 aromatic carbocycles. The van der Waals surface area contributed by atoms with E-state index >= 15 is 0 Å². The molecule has 0 heterocycles. The van der Waals surface area contributed by atoms with Gasteiger partial charge >= 0.3 is 49.4 Å². The van der Waals surface area contributed by atoms with Crippen LogP contribution in [0.25, 0.3) is 0 Å². The molecule has 9 nitrogen and oxygen atoms in total. The van der Waals surface area contributed by atoms with Crippen molar-refractivity contribution in [3.8, 4) is 0 Å². The molecule has 10 heteroatoms. The molecule has 0 aliphatic heterocycles. The summed E-state index contributed by atoms with van der Waals surface area (Å²) in [7, 11) is 0. The molecule has 0 aromatic heterocycles. The average molecular weight is 304 g/mol. The van der Waals surface area contributed by atoms with Crippen molar-refractivity contribution in [2.75, 3.05) is 0 Å². The van der Waals surface area contributed by atoms with Crippen LogP contribution in [0.1, 0.15) is 0 Å². The maximum atomic E-state index is 8.25. The summed E-state index contributed by atoms with van der Waals surface area (Å²) in [6.45, 7) is 0. The SMILES string of the molecule is O.O.O.O.O.O=[N+]([O-])[O-].[Eu+2]. The van der Waals surface area contributed by atoms with E-state index in [0.29, 0.717) is 0 Å². The Hall–Kier alpha value is 0.584. The van der Waals surface area contributed by atoms with Gasteiger partial charge in [0, 0.05) is 0 Å². The summed E-state index contributed by atoms with van der Waals surface area (Å²) < 4.78 is 0. The van der Waals surface area contributed by atoms with Gasteiger partial charge in [0.25, 0.3) is 0 Å². The van der Waals surface area contributed by atoms with Gasteiger partial charge in [-0.3, -0.25) is 0 Å². The first-order valence-electron chi connectivity index (χ1n) is 0.548. The minimum atomic E-state index is -1.75. The Morgan fingerprint density at radius 3 is 0.800 bits per heavy atom. The Morgan fingerprint density at radius 2 is 0.800 bits per heavy atom. The van der Waals surface area contributed by atoms with Crippen LogP contribution in [0.3, 0.4) is 0 Å². The van der Waals surface area contributed by atoms with E-state index in [-0.39, 0.29) is 76.8 Å². The second kappa shape index (κ2) is 55.0. The number of hydrogen-bond donors (Lipinski definition) is 0. The molecule has 0 aromatic rings. The van der Waals surface area contributed by atoms with Gasteiger partial charge in [0.2, 0.25) is 0 Å². The van der Waals surface area contributed by atoms with Gasteiger partial charge in [-0.05, 0) is 0 Å². The Morgan fingerprint density at radius 1 is 0.800 bits per heavy atom. The molecule has 0 saturated carbocycles. The number of nitrogens with zero attached hydrogens (tertiary/aromatic N) is 1. The van der Waals surface area contributed by atoms with E-state index in [0.717, 1.165) is 0 Å². The quantitative estimate of drug-likeness (QED) is 0.319. The monoisotopic (exact) mass is 305 g/mol. The molecule has 69 valence electrons. The summed E-state index contributed by atoms with van der Waals surface area (Å²) >= 11 is 0. The first kappa shape index (κ1) is 75.7. The third kappa shape index (κ3) is 1450. The predicted octanol–water partition coefficient (Wildman–Crippen LogP) is -4.36. The van der Waals surface area contributed by atoms with Crippen LogP contribution in [-0.4, -0.2) is 32.5 Å². The van der Waals surface area contributed by atoms with Crippen molar-refractivity contribution < 1.29 is 81.8 Å². The van der Waals surface area contributed by atoms with E-state index in [1.165, 1.54) is 0 Å². The summed E-state index contributed by atoms with van der Waals surface area (Å²) in [5.74, 6) is 0. The van der Waals surface area contributed by atoms with Gasteiger partial charge < -0.3 is 42.7 Å². The zero-order valence-corrected chi connectivity index (χ0v) is 6.98. The molecule has 0 saturated heterocycles. The third-order valence-corrected chi connectivity index (χ3v) is 0. The molecule has 0 aliphatic rings. The molecule has 0 aliphatic carbocycles. The maximum Gasteiger partial charge on any atom is 2.00 e. The molecule has 0 unspecified atom stereocenters. The minimum absolute atomic E-state index is 0. The van der Waals surface area contributed by atoms with Crippen LogP contribution in [0.5, 0.6) is 0 Å². The summed E-state index contributed by atoms with van der Waals surface area (Å²) in [4.78, 5) is 8.25. The summed E-state index contributed by atoms with van der Waals surface area (Å²) in [5.41, 5.74) is 0. The van der Waals surface area contributed by atoms with Crippen molar-refractivity contribution >= 4 is 0 Å². The standard InChI is InChI=1S/Eu.NO3.5H2O/c;2-1(3)4;;;;;/h;;5*1H2/q+2;-1;;;;;. The third-order valence-electron chi connectivity index (χ3n) is 0. The van der Waals surface area contributed by atoms with Crippen molar-refractivity contribution in [1.82, 2.24) is 0 Å². The van der Waals surface area contributed by atoms with Crippen LogP contribution in [0.15, 0.2) is 0 Å². The van der Waals surface area contributed by atoms with E-state index in [1.54, 1.807) is 0 Å². The van der Waals surface area contributed by atoms with Gasteiger partial charge in [-0.25, -0.2) is 0 Å². The molecule has 0 rings (SSSR count).